The molecule has 0 aliphatic carbocycles. The van der Waals surface area contributed by atoms with Gasteiger partial charge in [-0.25, -0.2) is 16.8 Å². The standard InChI is InChI=1S/C18H17NO5S2/c1-14-18(25(21,22)15-8-4-2-5-9-15)17(20)12-13-19(14)26(23,24)16-10-6-3-7-11-16/h2-11H,12-13H2,1H3. The lowest BCUT2D eigenvalue weighted by molar-refractivity contribution is -0.115. The minimum atomic E-state index is -4.11. The third-order valence-corrected chi connectivity index (χ3v) is 8.01. The number of carbonyl (C=O) groups excluding carboxylic acids is 1. The van der Waals surface area contributed by atoms with E-state index in [2.05, 4.69) is 0 Å². The number of sulfone groups is 1. The summed E-state index contributed by atoms with van der Waals surface area (Å²) in [5.41, 5.74) is -0.0750. The van der Waals surface area contributed by atoms with E-state index in [1.807, 2.05) is 0 Å². The quantitative estimate of drug-likeness (QED) is 0.798. The van der Waals surface area contributed by atoms with Gasteiger partial charge in [0.15, 0.2) is 5.78 Å². The molecule has 0 aromatic heterocycles. The monoisotopic (exact) mass is 391 g/mol. The lowest BCUT2D eigenvalue weighted by Gasteiger charge is -2.30. The van der Waals surface area contributed by atoms with Crippen LogP contribution in [0, 0.1) is 0 Å². The number of benzene rings is 2. The van der Waals surface area contributed by atoms with E-state index in [4.69, 9.17) is 0 Å². The molecule has 3 rings (SSSR count). The molecule has 0 bridgehead atoms. The Morgan fingerprint density at radius 2 is 1.31 bits per heavy atom. The second-order valence-electron chi connectivity index (χ2n) is 5.79. The average Bonchev–Trinajstić information content (AvgIpc) is 2.63. The molecule has 0 N–H and O–H groups in total. The fourth-order valence-electron chi connectivity index (χ4n) is 2.88. The third kappa shape index (κ3) is 3.06. The molecule has 1 heterocycles. The molecule has 0 fully saturated rings. The predicted octanol–water partition coefficient (Wildman–Crippen LogP) is 2.36. The fraction of sp³-hybridized carbons (Fsp3) is 0.167. The maximum atomic E-state index is 12.9. The molecule has 0 radical (unpaired) electrons. The molecule has 0 amide bonds. The highest BCUT2D eigenvalue weighted by atomic mass is 32.2. The molecule has 0 atom stereocenters. The molecule has 136 valence electrons. The lowest BCUT2D eigenvalue weighted by atomic mass is 10.2. The fourth-order valence-corrected chi connectivity index (χ4v) is 6.13. The van der Waals surface area contributed by atoms with Crippen molar-refractivity contribution in [2.24, 2.45) is 0 Å². The molecule has 2 aromatic rings. The van der Waals surface area contributed by atoms with Crippen molar-refractivity contribution in [3.63, 3.8) is 0 Å². The van der Waals surface area contributed by atoms with E-state index in [1.54, 1.807) is 36.4 Å². The SMILES string of the molecule is CC1=C(S(=O)(=O)c2ccccc2)C(=O)CCN1S(=O)(=O)c1ccccc1. The smallest absolute Gasteiger partial charge is 0.264 e. The van der Waals surface area contributed by atoms with E-state index in [0.717, 1.165) is 4.31 Å². The van der Waals surface area contributed by atoms with E-state index >= 15 is 0 Å². The number of hydrogen-bond acceptors (Lipinski definition) is 5. The number of ketones is 1. The first-order valence-corrected chi connectivity index (χ1v) is 10.8. The molecule has 6 nitrogen and oxygen atoms in total. The Kier molecular flexibility index (Phi) is 4.72. The minimum absolute atomic E-state index is 0.0401. The van der Waals surface area contributed by atoms with Crippen LogP contribution in [0.25, 0.3) is 0 Å². The van der Waals surface area contributed by atoms with Crippen LogP contribution in [0.3, 0.4) is 0 Å². The van der Waals surface area contributed by atoms with Gasteiger partial charge in [0.25, 0.3) is 10.0 Å². The first kappa shape index (κ1) is 18.3. The highest BCUT2D eigenvalue weighted by Crippen LogP contribution is 2.32. The van der Waals surface area contributed by atoms with Crippen molar-refractivity contribution in [3.05, 3.63) is 71.3 Å². The van der Waals surface area contributed by atoms with E-state index in [-0.39, 0.29) is 28.5 Å². The largest absolute Gasteiger partial charge is 0.293 e. The van der Waals surface area contributed by atoms with Gasteiger partial charge in [0.05, 0.1) is 9.79 Å². The lowest BCUT2D eigenvalue weighted by Crippen LogP contribution is -2.38. The minimum Gasteiger partial charge on any atom is -0.293 e. The Labute approximate surface area is 152 Å². The van der Waals surface area contributed by atoms with E-state index in [1.165, 1.54) is 31.2 Å². The molecule has 1 aliphatic heterocycles. The van der Waals surface area contributed by atoms with Gasteiger partial charge in [-0.05, 0) is 31.2 Å². The summed E-state index contributed by atoms with van der Waals surface area (Å²) in [5, 5.41) is 0. The summed E-state index contributed by atoms with van der Waals surface area (Å²) in [6, 6.07) is 15.3. The van der Waals surface area contributed by atoms with Crippen LogP contribution in [0.1, 0.15) is 13.3 Å². The molecule has 1 aliphatic rings. The molecular weight excluding hydrogens is 374 g/mol. The maximum Gasteiger partial charge on any atom is 0.264 e. The van der Waals surface area contributed by atoms with Crippen LogP contribution in [-0.2, 0) is 24.7 Å². The van der Waals surface area contributed by atoms with Crippen LogP contribution < -0.4 is 0 Å². The number of hydrogen-bond donors (Lipinski definition) is 0. The normalized spacial score (nSPS) is 16.0. The Balaban J connectivity index is 2.16. The maximum absolute atomic E-state index is 12.9. The number of carbonyl (C=O) groups is 1. The van der Waals surface area contributed by atoms with Gasteiger partial charge in [-0.15, -0.1) is 0 Å². The number of Topliss-reactive ketones (excluding diaryl/α,β-unsaturated/α-hetero) is 1. The summed E-state index contributed by atoms with van der Waals surface area (Å²) >= 11 is 0. The number of sulfonamides is 1. The van der Waals surface area contributed by atoms with Crippen molar-refractivity contribution in [1.29, 1.82) is 0 Å². The number of nitrogens with zero attached hydrogens (tertiary/aromatic N) is 1. The van der Waals surface area contributed by atoms with Gasteiger partial charge in [0.1, 0.15) is 4.91 Å². The Hall–Kier alpha value is -2.45. The first-order valence-electron chi connectivity index (χ1n) is 7.88. The highest BCUT2D eigenvalue weighted by molar-refractivity contribution is 7.96. The summed E-state index contributed by atoms with van der Waals surface area (Å²) in [4.78, 5) is 11.9. The Bertz CT molecular complexity index is 1070. The Morgan fingerprint density at radius 1 is 0.808 bits per heavy atom. The van der Waals surface area contributed by atoms with Gasteiger partial charge >= 0.3 is 0 Å². The van der Waals surface area contributed by atoms with Crippen LogP contribution in [0.2, 0.25) is 0 Å². The average molecular weight is 391 g/mol. The van der Waals surface area contributed by atoms with Crippen LogP contribution >= 0.6 is 0 Å². The molecule has 0 unspecified atom stereocenters. The van der Waals surface area contributed by atoms with Crippen LogP contribution in [0.5, 0.6) is 0 Å². The van der Waals surface area contributed by atoms with Crippen molar-refractivity contribution < 1.29 is 21.6 Å². The molecular formula is C18H17NO5S2. The zero-order chi connectivity index (χ0) is 18.9. The summed E-state index contributed by atoms with van der Waals surface area (Å²) in [7, 11) is -8.06. The van der Waals surface area contributed by atoms with Crippen LogP contribution in [-0.4, -0.2) is 33.5 Å². The van der Waals surface area contributed by atoms with Crippen molar-refractivity contribution in [2.45, 2.75) is 23.1 Å². The summed E-state index contributed by atoms with van der Waals surface area (Å²) < 4.78 is 52.6. The summed E-state index contributed by atoms with van der Waals surface area (Å²) in [5.74, 6) is -0.578. The molecule has 2 aromatic carbocycles. The van der Waals surface area contributed by atoms with Crippen molar-refractivity contribution in [2.75, 3.05) is 6.54 Å². The predicted molar refractivity (Wildman–Crippen MR) is 96.3 cm³/mol. The van der Waals surface area contributed by atoms with Gasteiger partial charge in [-0.1, -0.05) is 36.4 Å². The Morgan fingerprint density at radius 3 is 1.85 bits per heavy atom. The van der Waals surface area contributed by atoms with E-state index in [0.29, 0.717) is 0 Å². The number of rotatable bonds is 4. The first-order chi connectivity index (χ1) is 12.3. The molecule has 26 heavy (non-hydrogen) atoms. The van der Waals surface area contributed by atoms with Crippen molar-refractivity contribution in [1.82, 2.24) is 4.31 Å². The van der Waals surface area contributed by atoms with Gasteiger partial charge in [0.2, 0.25) is 9.84 Å². The van der Waals surface area contributed by atoms with Gasteiger partial charge in [0, 0.05) is 18.7 Å². The highest BCUT2D eigenvalue weighted by Gasteiger charge is 2.38. The zero-order valence-electron chi connectivity index (χ0n) is 14.0. The van der Waals surface area contributed by atoms with Crippen molar-refractivity contribution in [3.8, 4) is 0 Å². The van der Waals surface area contributed by atoms with Gasteiger partial charge in [-0.3, -0.25) is 9.10 Å². The van der Waals surface area contributed by atoms with Gasteiger partial charge < -0.3 is 0 Å². The summed E-state index contributed by atoms with van der Waals surface area (Å²) in [6.45, 7) is 1.27. The second-order valence-corrected chi connectivity index (χ2v) is 9.54. The van der Waals surface area contributed by atoms with Crippen molar-refractivity contribution >= 4 is 25.6 Å². The molecule has 0 spiro atoms. The third-order valence-electron chi connectivity index (χ3n) is 4.15. The molecule has 0 saturated heterocycles. The van der Waals surface area contributed by atoms with E-state index in [9.17, 15) is 21.6 Å². The zero-order valence-corrected chi connectivity index (χ0v) is 15.6. The van der Waals surface area contributed by atoms with Crippen LogP contribution in [0.15, 0.2) is 81.1 Å². The second kappa shape index (κ2) is 6.69. The summed E-state index contributed by atoms with van der Waals surface area (Å²) in [6.07, 6.45) is -0.190. The molecule has 0 saturated carbocycles. The van der Waals surface area contributed by atoms with E-state index < -0.39 is 30.5 Å². The number of allylic oxidation sites excluding steroid dienone is 2. The van der Waals surface area contributed by atoms with Gasteiger partial charge in [-0.2, -0.15) is 0 Å². The topological polar surface area (TPSA) is 88.6 Å². The molecule has 8 heteroatoms. The van der Waals surface area contributed by atoms with Crippen LogP contribution in [0.4, 0.5) is 0 Å².